The molecule has 0 aromatic carbocycles. The molecule has 0 atom stereocenters. The first-order chi connectivity index (χ1) is 8.97. The molecule has 1 aromatic rings. The second kappa shape index (κ2) is 7.04. The third-order valence-corrected chi connectivity index (χ3v) is 4.78. The Hall–Kier alpha value is -0.890. The van der Waals surface area contributed by atoms with Gasteiger partial charge in [-0.25, -0.2) is 8.42 Å². The maximum absolute atomic E-state index is 12.3. The third kappa shape index (κ3) is 3.79. The van der Waals surface area contributed by atoms with Gasteiger partial charge in [0.05, 0.1) is 6.61 Å². The van der Waals surface area contributed by atoms with Crippen LogP contribution in [-0.2, 0) is 27.8 Å². The molecule has 7 heteroatoms. The largest absolute Gasteiger partial charge is 0.383 e. The SMILES string of the molecule is CCCn1cc(S(=O)(=O)N(C)CCOC)cc1CN. The molecule has 0 aliphatic heterocycles. The molecule has 19 heavy (non-hydrogen) atoms. The minimum atomic E-state index is -3.46. The molecule has 0 amide bonds. The maximum atomic E-state index is 12.3. The van der Waals surface area contributed by atoms with Gasteiger partial charge in [-0.1, -0.05) is 6.92 Å². The second-order valence-corrected chi connectivity index (χ2v) is 6.43. The van der Waals surface area contributed by atoms with Crippen LogP contribution in [0, 0.1) is 0 Å². The molecule has 0 saturated carbocycles. The third-order valence-electron chi connectivity index (χ3n) is 2.95. The summed E-state index contributed by atoms with van der Waals surface area (Å²) in [4.78, 5) is 0.292. The lowest BCUT2D eigenvalue weighted by atomic mass is 10.4. The van der Waals surface area contributed by atoms with E-state index >= 15 is 0 Å². The highest BCUT2D eigenvalue weighted by atomic mass is 32.2. The van der Waals surface area contributed by atoms with Crippen LogP contribution in [0.1, 0.15) is 19.0 Å². The Morgan fingerprint density at radius 3 is 2.68 bits per heavy atom. The summed E-state index contributed by atoms with van der Waals surface area (Å²) in [6, 6.07) is 1.65. The first-order valence-electron chi connectivity index (χ1n) is 6.31. The zero-order valence-electron chi connectivity index (χ0n) is 11.8. The number of aromatic nitrogens is 1. The van der Waals surface area contributed by atoms with Gasteiger partial charge in [0.25, 0.3) is 0 Å². The molecule has 1 aromatic heterocycles. The Balaban J connectivity index is 3.01. The summed E-state index contributed by atoms with van der Waals surface area (Å²) in [6.07, 6.45) is 2.59. The number of nitrogens with zero attached hydrogens (tertiary/aromatic N) is 2. The fraction of sp³-hybridized carbons (Fsp3) is 0.667. The molecule has 6 nitrogen and oxygen atoms in total. The minimum Gasteiger partial charge on any atom is -0.383 e. The van der Waals surface area contributed by atoms with Gasteiger partial charge >= 0.3 is 0 Å². The molecule has 1 rings (SSSR count). The van der Waals surface area contributed by atoms with Crippen LogP contribution in [0.15, 0.2) is 17.2 Å². The van der Waals surface area contributed by atoms with E-state index < -0.39 is 10.0 Å². The zero-order valence-corrected chi connectivity index (χ0v) is 12.6. The number of hydrogen-bond donors (Lipinski definition) is 1. The van der Waals surface area contributed by atoms with E-state index in [4.69, 9.17) is 10.5 Å². The monoisotopic (exact) mass is 289 g/mol. The molecule has 0 aliphatic carbocycles. The van der Waals surface area contributed by atoms with Gasteiger partial charge in [0.15, 0.2) is 0 Å². The van der Waals surface area contributed by atoms with Crippen LogP contribution in [0.4, 0.5) is 0 Å². The first-order valence-corrected chi connectivity index (χ1v) is 7.75. The molecule has 2 N–H and O–H groups in total. The van der Waals surface area contributed by atoms with Crippen molar-refractivity contribution in [2.75, 3.05) is 27.3 Å². The molecule has 0 spiro atoms. The Kier molecular flexibility index (Phi) is 5.99. The van der Waals surface area contributed by atoms with Gasteiger partial charge in [0.2, 0.25) is 10.0 Å². The number of nitrogens with two attached hydrogens (primary N) is 1. The van der Waals surface area contributed by atoms with Gasteiger partial charge in [-0.15, -0.1) is 0 Å². The molecule has 0 aliphatic rings. The van der Waals surface area contributed by atoms with Gasteiger partial charge in [-0.3, -0.25) is 0 Å². The smallest absolute Gasteiger partial charge is 0.244 e. The molecule has 0 radical (unpaired) electrons. The molecule has 110 valence electrons. The highest BCUT2D eigenvalue weighted by Crippen LogP contribution is 2.18. The lowest BCUT2D eigenvalue weighted by molar-refractivity contribution is 0.185. The van der Waals surface area contributed by atoms with Crippen molar-refractivity contribution in [1.29, 1.82) is 0 Å². The van der Waals surface area contributed by atoms with E-state index in [1.165, 1.54) is 4.31 Å². The first kappa shape index (κ1) is 16.2. The maximum Gasteiger partial charge on any atom is 0.244 e. The molecule has 0 fully saturated rings. The summed E-state index contributed by atoms with van der Waals surface area (Å²) < 4.78 is 32.8. The van der Waals surface area contributed by atoms with Gasteiger partial charge < -0.3 is 15.0 Å². The molecular formula is C12H23N3O3S. The highest BCUT2D eigenvalue weighted by molar-refractivity contribution is 7.89. The Morgan fingerprint density at radius 1 is 1.47 bits per heavy atom. The Morgan fingerprint density at radius 2 is 2.16 bits per heavy atom. The second-order valence-electron chi connectivity index (χ2n) is 4.38. The van der Waals surface area contributed by atoms with E-state index in [1.54, 1.807) is 26.4 Å². The van der Waals surface area contributed by atoms with Gasteiger partial charge in [-0.05, 0) is 12.5 Å². The molecule has 0 saturated heterocycles. The van der Waals surface area contributed by atoms with E-state index in [9.17, 15) is 8.42 Å². The minimum absolute atomic E-state index is 0.292. The van der Waals surface area contributed by atoms with E-state index in [2.05, 4.69) is 0 Å². The summed E-state index contributed by atoms with van der Waals surface area (Å²) in [5.74, 6) is 0. The molecule has 0 bridgehead atoms. The van der Waals surface area contributed by atoms with Crippen LogP contribution in [-0.4, -0.2) is 44.6 Å². The summed E-state index contributed by atoms with van der Waals surface area (Å²) in [5, 5.41) is 0. The lowest BCUT2D eigenvalue weighted by Gasteiger charge is -2.15. The van der Waals surface area contributed by atoms with E-state index in [0.29, 0.717) is 24.6 Å². The number of aryl methyl sites for hydroxylation is 1. The average Bonchev–Trinajstić information content (AvgIpc) is 2.80. The number of ether oxygens (including phenoxy) is 1. The van der Waals surface area contributed by atoms with Crippen LogP contribution in [0.2, 0.25) is 0 Å². The van der Waals surface area contributed by atoms with Crippen molar-refractivity contribution in [2.24, 2.45) is 5.73 Å². The predicted octanol–water partition coefficient (Wildman–Crippen LogP) is 0.624. The van der Waals surface area contributed by atoms with Crippen LogP contribution < -0.4 is 5.73 Å². The molecule has 1 heterocycles. The van der Waals surface area contributed by atoms with Crippen molar-refractivity contribution >= 4 is 10.0 Å². The van der Waals surface area contributed by atoms with Crippen LogP contribution in [0.25, 0.3) is 0 Å². The van der Waals surface area contributed by atoms with Crippen molar-refractivity contribution in [1.82, 2.24) is 8.87 Å². The normalized spacial score (nSPS) is 12.3. The molecule has 0 unspecified atom stereocenters. The van der Waals surface area contributed by atoms with Gasteiger partial charge in [0, 0.05) is 45.7 Å². The summed E-state index contributed by atoms with van der Waals surface area (Å²) in [5.41, 5.74) is 6.48. The quantitative estimate of drug-likeness (QED) is 0.761. The topological polar surface area (TPSA) is 77.6 Å². The van der Waals surface area contributed by atoms with Crippen molar-refractivity contribution in [3.05, 3.63) is 18.0 Å². The van der Waals surface area contributed by atoms with Crippen molar-refractivity contribution < 1.29 is 13.2 Å². The summed E-state index contributed by atoms with van der Waals surface area (Å²) >= 11 is 0. The van der Waals surface area contributed by atoms with Crippen molar-refractivity contribution in [3.63, 3.8) is 0 Å². The fourth-order valence-electron chi connectivity index (χ4n) is 1.81. The number of hydrogen-bond acceptors (Lipinski definition) is 4. The summed E-state index contributed by atoms with van der Waals surface area (Å²) in [6.45, 7) is 3.84. The fourth-order valence-corrected chi connectivity index (χ4v) is 3.03. The predicted molar refractivity (Wildman–Crippen MR) is 74.3 cm³/mol. The van der Waals surface area contributed by atoms with Crippen molar-refractivity contribution in [3.8, 4) is 0 Å². The van der Waals surface area contributed by atoms with E-state index in [0.717, 1.165) is 18.7 Å². The number of methoxy groups -OCH3 is 1. The highest BCUT2D eigenvalue weighted by Gasteiger charge is 2.22. The Bertz CT molecular complexity index is 496. The van der Waals surface area contributed by atoms with E-state index in [1.807, 2.05) is 11.5 Å². The van der Waals surface area contributed by atoms with Crippen molar-refractivity contribution in [2.45, 2.75) is 31.3 Å². The van der Waals surface area contributed by atoms with Crippen LogP contribution >= 0.6 is 0 Å². The van der Waals surface area contributed by atoms with E-state index in [-0.39, 0.29) is 0 Å². The number of sulfonamides is 1. The summed E-state index contributed by atoms with van der Waals surface area (Å²) in [7, 11) is -0.369. The van der Waals surface area contributed by atoms with Crippen LogP contribution in [0.3, 0.4) is 0 Å². The lowest BCUT2D eigenvalue weighted by Crippen LogP contribution is -2.29. The number of rotatable bonds is 8. The zero-order chi connectivity index (χ0) is 14.5. The van der Waals surface area contributed by atoms with Crippen LogP contribution in [0.5, 0.6) is 0 Å². The molecular weight excluding hydrogens is 266 g/mol. The van der Waals surface area contributed by atoms with Gasteiger partial charge in [0.1, 0.15) is 4.90 Å². The van der Waals surface area contributed by atoms with Gasteiger partial charge in [-0.2, -0.15) is 4.31 Å². The number of likely N-dealkylation sites (N-methyl/N-ethyl adjacent to an activating group) is 1. The average molecular weight is 289 g/mol. The Labute approximate surface area is 115 Å². The standard InChI is InChI=1S/C12H23N3O3S/c1-4-5-15-10-12(8-11(15)9-13)19(16,17)14(2)6-7-18-3/h8,10H,4-7,9,13H2,1-3H3.